The van der Waals surface area contributed by atoms with E-state index in [-0.39, 0.29) is 11.3 Å². The van der Waals surface area contributed by atoms with Crippen LogP contribution in [0.1, 0.15) is 0 Å². The highest BCUT2D eigenvalue weighted by Crippen LogP contribution is 2.29. The zero-order chi connectivity index (χ0) is 15.5. The van der Waals surface area contributed by atoms with Gasteiger partial charge in [-0.25, -0.2) is 4.98 Å². The summed E-state index contributed by atoms with van der Waals surface area (Å²) < 4.78 is 10.5. The van der Waals surface area contributed by atoms with Crippen LogP contribution >= 0.6 is 0 Å². The van der Waals surface area contributed by atoms with E-state index in [0.29, 0.717) is 11.1 Å². The minimum absolute atomic E-state index is 0.237. The van der Waals surface area contributed by atoms with Crippen LogP contribution < -0.4 is 15.0 Å². The molecule has 0 saturated heterocycles. The van der Waals surface area contributed by atoms with Gasteiger partial charge in [-0.05, 0) is 29.8 Å². The van der Waals surface area contributed by atoms with Crippen molar-refractivity contribution in [1.29, 1.82) is 0 Å². The number of fused-ring (bicyclic) bond motifs is 1. The largest absolute Gasteiger partial charge is 0.497 e. The summed E-state index contributed by atoms with van der Waals surface area (Å²) in [4.78, 5) is 16.4. The van der Waals surface area contributed by atoms with Gasteiger partial charge in [0.05, 0.1) is 19.7 Å². The van der Waals surface area contributed by atoms with E-state index in [9.17, 15) is 4.79 Å². The van der Waals surface area contributed by atoms with Crippen molar-refractivity contribution in [2.24, 2.45) is 0 Å². The van der Waals surface area contributed by atoms with Crippen LogP contribution in [-0.2, 0) is 0 Å². The van der Waals surface area contributed by atoms with E-state index in [1.165, 1.54) is 7.11 Å². The minimum atomic E-state index is -0.380. The van der Waals surface area contributed by atoms with Gasteiger partial charge in [0.1, 0.15) is 5.75 Å². The third kappa shape index (κ3) is 2.51. The molecule has 0 bridgehead atoms. The zero-order valence-electron chi connectivity index (χ0n) is 12.4. The lowest BCUT2D eigenvalue weighted by Gasteiger charge is -2.06. The van der Waals surface area contributed by atoms with Gasteiger partial charge in [-0.2, -0.15) is 0 Å². The quantitative estimate of drug-likeness (QED) is 0.743. The van der Waals surface area contributed by atoms with E-state index in [0.717, 1.165) is 16.7 Å². The maximum atomic E-state index is 12.3. The lowest BCUT2D eigenvalue weighted by Crippen LogP contribution is -2.06. The van der Waals surface area contributed by atoms with Gasteiger partial charge in [-0.3, -0.25) is 4.79 Å². The molecule has 110 valence electrons. The smallest absolute Gasteiger partial charge is 0.313 e. The van der Waals surface area contributed by atoms with E-state index in [2.05, 4.69) is 4.98 Å². The Morgan fingerprint density at radius 3 is 2.32 bits per heavy atom. The van der Waals surface area contributed by atoms with Crippen molar-refractivity contribution in [2.75, 3.05) is 14.2 Å². The number of rotatable bonds is 3. The molecule has 0 amide bonds. The normalized spacial score (nSPS) is 10.5. The Balaban J connectivity index is 2.33. The molecule has 0 saturated carbocycles. The molecule has 0 aliphatic carbocycles. The van der Waals surface area contributed by atoms with Crippen LogP contribution in [0.15, 0.2) is 59.4 Å². The second-order valence-corrected chi connectivity index (χ2v) is 4.80. The fourth-order valence-electron chi connectivity index (χ4n) is 2.39. The molecule has 0 atom stereocenters. The molecular formula is C18H15NO3. The van der Waals surface area contributed by atoms with Gasteiger partial charge in [-0.1, -0.05) is 30.3 Å². The maximum Gasteiger partial charge on any atom is 0.313 e. The van der Waals surface area contributed by atoms with Crippen LogP contribution in [-0.4, -0.2) is 19.2 Å². The first-order valence-electron chi connectivity index (χ1n) is 6.85. The van der Waals surface area contributed by atoms with Crippen LogP contribution in [0.2, 0.25) is 0 Å². The van der Waals surface area contributed by atoms with Crippen LogP contribution in [0.4, 0.5) is 0 Å². The number of nitrogens with zero attached hydrogens (tertiary/aromatic N) is 1. The molecule has 0 fully saturated rings. The van der Waals surface area contributed by atoms with Crippen LogP contribution in [0, 0.1) is 0 Å². The number of benzene rings is 2. The third-order valence-electron chi connectivity index (χ3n) is 3.50. The minimum Gasteiger partial charge on any atom is -0.497 e. The molecule has 1 aromatic heterocycles. The van der Waals surface area contributed by atoms with Gasteiger partial charge in [0.25, 0.3) is 0 Å². The Morgan fingerprint density at radius 1 is 0.909 bits per heavy atom. The Bertz CT molecular complexity index is 873. The second kappa shape index (κ2) is 5.85. The highest BCUT2D eigenvalue weighted by atomic mass is 16.5. The van der Waals surface area contributed by atoms with Crippen molar-refractivity contribution >= 4 is 10.9 Å². The summed E-state index contributed by atoms with van der Waals surface area (Å²) in [5.41, 5.74) is 1.85. The number of para-hydroxylation sites is 1. The predicted octanol–water partition coefficient (Wildman–Crippen LogP) is 3.28. The SMILES string of the molecule is COc1ccc(-c2cc3ccccc3nc(=O)c2OC)cc1. The summed E-state index contributed by atoms with van der Waals surface area (Å²) in [6, 6.07) is 16.9. The summed E-state index contributed by atoms with van der Waals surface area (Å²) in [6.45, 7) is 0. The monoisotopic (exact) mass is 293 g/mol. The van der Waals surface area contributed by atoms with E-state index in [1.54, 1.807) is 7.11 Å². The first-order valence-corrected chi connectivity index (χ1v) is 6.85. The average molecular weight is 293 g/mol. The molecule has 4 nitrogen and oxygen atoms in total. The number of methoxy groups -OCH3 is 2. The van der Waals surface area contributed by atoms with Crippen molar-refractivity contribution in [2.45, 2.75) is 0 Å². The topological polar surface area (TPSA) is 48.4 Å². The molecule has 2 aromatic carbocycles. The van der Waals surface area contributed by atoms with E-state index >= 15 is 0 Å². The third-order valence-corrected chi connectivity index (χ3v) is 3.50. The molecule has 0 N–H and O–H groups in total. The van der Waals surface area contributed by atoms with Gasteiger partial charge >= 0.3 is 5.56 Å². The Hall–Kier alpha value is -2.88. The maximum absolute atomic E-state index is 12.3. The first kappa shape index (κ1) is 14.1. The zero-order valence-corrected chi connectivity index (χ0v) is 12.4. The highest BCUT2D eigenvalue weighted by Gasteiger charge is 2.11. The average Bonchev–Trinajstić information content (AvgIpc) is 2.70. The van der Waals surface area contributed by atoms with Gasteiger partial charge in [0, 0.05) is 10.9 Å². The fraction of sp³-hybridized carbons (Fsp3) is 0.111. The fourth-order valence-corrected chi connectivity index (χ4v) is 2.39. The molecule has 3 rings (SSSR count). The van der Waals surface area contributed by atoms with Gasteiger partial charge < -0.3 is 9.47 Å². The lowest BCUT2D eigenvalue weighted by atomic mass is 10.1. The van der Waals surface area contributed by atoms with Crippen molar-refractivity contribution in [3.05, 3.63) is 65.0 Å². The predicted molar refractivity (Wildman–Crippen MR) is 86.6 cm³/mol. The molecule has 0 spiro atoms. The van der Waals surface area contributed by atoms with Crippen molar-refractivity contribution in [1.82, 2.24) is 4.98 Å². The van der Waals surface area contributed by atoms with Crippen molar-refractivity contribution in [3.63, 3.8) is 0 Å². The summed E-state index contributed by atoms with van der Waals surface area (Å²) in [5.74, 6) is 0.995. The Kier molecular flexibility index (Phi) is 3.74. The van der Waals surface area contributed by atoms with Gasteiger partial charge in [-0.15, -0.1) is 0 Å². The second-order valence-electron chi connectivity index (χ2n) is 4.80. The van der Waals surface area contributed by atoms with Crippen LogP contribution in [0.5, 0.6) is 11.5 Å². The number of aromatic nitrogens is 1. The summed E-state index contributed by atoms with van der Waals surface area (Å²) in [5, 5.41) is 0.883. The molecule has 0 aliphatic heterocycles. The standard InChI is InChI=1S/C18H15NO3/c1-21-14-9-7-12(8-10-14)15-11-13-5-3-4-6-16(13)19-18(20)17(15)22-2/h3-11H,1-2H3. The molecule has 0 aliphatic rings. The molecule has 0 unspecified atom stereocenters. The summed E-state index contributed by atoms with van der Waals surface area (Å²) in [6.07, 6.45) is 0. The van der Waals surface area contributed by atoms with Gasteiger partial charge in [0.15, 0.2) is 5.75 Å². The number of hydrogen-bond acceptors (Lipinski definition) is 4. The van der Waals surface area contributed by atoms with E-state index in [1.807, 2.05) is 54.6 Å². The van der Waals surface area contributed by atoms with Crippen LogP contribution in [0.3, 0.4) is 0 Å². The van der Waals surface area contributed by atoms with Crippen molar-refractivity contribution in [3.8, 4) is 22.6 Å². The van der Waals surface area contributed by atoms with E-state index in [4.69, 9.17) is 9.47 Å². The Labute approximate surface area is 128 Å². The number of hydrogen-bond donors (Lipinski definition) is 0. The van der Waals surface area contributed by atoms with E-state index < -0.39 is 0 Å². The van der Waals surface area contributed by atoms with Gasteiger partial charge in [0.2, 0.25) is 0 Å². The summed E-state index contributed by atoms with van der Waals surface area (Å²) in [7, 11) is 3.10. The molecule has 3 aromatic rings. The number of ether oxygens (including phenoxy) is 2. The molecule has 4 heteroatoms. The molecular weight excluding hydrogens is 278 g/mol. The Morgan fingerprint density at radius 2 is 1.64 bits per heavy atom. The molecule has 1 heterocycles. The lowest BCUT2D eigenvalue weighted by molar-refractivity contribution is 0.411. The first-order chi connectivity index (χ1) is 10.7. The molecule has 0 radical (unpaired) electrons. The highest BCUT2D eigenvalue weighted by molar-refractivity contribution is 5.84. The van der Waals surface area contributed by atoms with Crippen molar-refractivity contribution < 1.29 is 9.47 Å². The van der Waals surface area contributed by atoms with Crippen LogP contribution in [0.25, 0.3) is 22.0 Å². The molecule has 22 heavy (non-hydrogen) atoms. The summed E-state index contributed by atoms with van der Waals surface area (Å²) >= 11 is 0.